The standard InChI is InChI=1S/C24H18F5N3O3S/c1-2-34-16-9-5-15(6-10-16)31-21(33)13-36-22-18(12-30)19(24(27,28)29)11-20(32-22)14-3-7-17(8-4-14)35-23(25)26/h3-11,23H,2,13H2,1H3,(H,31,33). The summed E-state index contributed by atoms with van der Waals surface area (Å²) in [5, 5.41) is 11.7. The molecule has 6 nitrogen and oxygen atoms in total. The van der Waals surface area contributed by atoms with E-state index in [1.165, 1.54) is 18.2 Å². The minimum Gasteiger partial charge on any atom is -0.494 e. The van der Waals surface area contributed by atoms with E-state index in [9.17, 15) is 32.0 Å². The number of ether oxygens (including phenoxy) is 2. The first-order valence-electron chi connectivity index (χ1n) is 10.3. The Balaban J connectivity index is 1.85. The quantitative estimate of drug-likeness (QED) is 0.259. The molecule has 0 saturated heterocycles. The van der Waals surface area contributed by atoms with Gasteiger partial charge in [-0.25, -0.2) is 4.98 Å². The van der Waals surface area contributed by atoms with Crippen LogP contribution >= 0.6 is 11.8 Å². The van der Waals surface area contributed by atoms with Crippen LogP contribution in [0.1, 0.15) is 18.1 Å². The number of halogens is 5. The molecule has 1 heterocycles. The summed E-state index contributed by atoms with van der Waals surface area (Å²) >= 11 is 0.667. The van der Waals surface area contributed by atoms with Crippen LogP contribution < -0.4 is 14.8 Å². The van der Waals surface area contributed by atoms with Crippen molar-refractivity contribution in [2.24, 2.45) is 0 Å². The van der Waals surface area contributed by atoms with Gasteiger partial charge < -0.3 is 14.8 Å². The number of pyridine rings is 1. The van der Waals surface area contributed by atoms with Crippen LogP contribution in [0.5, 0.6) is 11.5 Å². The van der Waals surface area contributed by atoms with Gasteiger partial charge in [0.1, 0.15) is 22.6 Å². The summed E-state index contributed by atoms with van der Waals surface area (Å²) in [7, 11) is 0. The smallest absolute Gasteiger partial charge is 0.417 e. The van der Waals surface area contributed by atoms with E-state index in [1.807, 2.05) is 6.92 Å². The Labute approximate surface area is 207 Å². The number of thioether (sulfide) groups is 1. The van der Waals surface area contributed by atoms with Crippen molar-refractivity contribution in [1.29, 1.82) is 5.26 Å². The van der Waals surface area contributed by atoms with Crippen molar-refractivity contribution >= 4 is 23.4 Å². The number of nitrogens with one attached hydrogen (secondary N) is 1. The molecule has 0 radical (unpaired) electrons. The Bertz CT molecular complexity index is 1240. The lowest BCUT2D eigenvalue weighted by molar-refractivity contribution is -0.138. The average Bonchev–Trinajstić information content (AvgIpc) is 2.83. The van der Waals surface area contributed by atoms with Gasteiger partial charge in [-0.3, -0.25) is 4.79 Å². The zero-order valence-corrected chi connectivity index (χ0v) is 19.4. The molecule has 1 amide bonds. The molecule has 36 heavy (non-hydrogen) atoms. The molecule has 0 spiro atoms. The number of carbonyl (C=O) groups is 1. The van der Waals surface area contributed by atoms with Crippen molar-refractivity contribution in [3.05, 3.63) is 65.7 Å². The van der Waals surface area contributed by atoms with Crippen molar-refractivity contribution in [2.45, 2.75) is 24.7 Å². The van der Waals surface area contributed by atoms with E-state index in [2.05, 4.69) is 15.0 Å². The van der Waals surface area contributed by atoms with Crippen molar-refractivity contribution in [3.8, 4) is 28.8 Å². The van der Waals surface area contributed by atoms with E-state index in [1.54, 1.807) is 24.3 Å². The van der Waals surface area contributed by atoms with Gasteiger partial charge in [0.2, 0.25) is 5.91 Å². The lowest BCUT2D eigenvalue weighted by Gasteiger charge is -2.14. The van der Waals surface area contributed by atoms with E-state index >= 15 is 0 Å². The number of rotatable bonds is 9. The largest absolute Gasteiger partial charge is 0.494 e. The number of carbonyl (C=O) groups excluding carboxylic acids is 1. The highest BCUT2D eigenvalue weighted by Crippen LogP contribution is 2.38. The molecule has 1 N–H and O–H groups in total. The number of anilines is 1. The fraction of sp³-hybridized carbons (Fsp3) is 0.208. The molecule has 0 fully saturated rings. The molecule has 0 unspecified atom stereocenters. The monoisotopic (exact) mass is 523 g/mol. The first kappa shape index (κ1) is 26.7. The summed E-state index contributed by atoms with van der Waals surface area (Å²) in [4.78, 5) is 16.5. The van der Waals surface area contributed by atoms with Crippen LogP contribution in [-0.4, -0.2) is 29.9 Å². The number of hydrogen-bond donors (Lipinski definition) is 1. The highest BCUT2D eigenvalue weighted by atomic mass is 32.2. The molecule has 1 aromatic heterocycles. The third kappa shape index (κ3) is 7.08. The summed E-state index contributed by atoms with van der Waals surface area (Å²) in [5.74, 6) is -0.420. The molecule has 3 rings (SSSR count). The van der Waals surface area contributed by atoms with Crippen LogP contribution in [0.15, 0.2) is 59.6 Å². The maximum Gasteiger partial charge on any atom is 0.417 e. The number of alkyl halides is 5. The lowest BCUT2D eigenvalue weighted by Crippen LogP contribution is -2.15. The molecule has 3 aromatic rings. The highest BCUT2D eigenvalue weighted by molar-refractivity contribution is 8.00. The van der Waals surface area contributed by atoms with Gasteiger partial charge >= 0.3 is 12.8 Å². The number of amides is 1. The molecule has 0 aliphatic heterocycles. The molecular formula is C24H18F5N3O3S. The van der Waals surface area contributed by atoms with E-state index in [4.69, 9.17) is 4.74 Å². The zero-order valence-electron chi connectivity index (χ0n) is 18.6. The molecule has 0 saturated carbocycles. The molecular weight excluding hydrogens is 505 g/mol. The van der Waals surface area contributed by atoms with Gasteiger partial charge in [-0.05, 0) is 61.5 Å². The summed E-state index contributed by atoms with van der Waals surface area (Å²) in [6.07, 6.45) is -4.87. The maximum atomic E-state index is 13.7. The van der Waals surface area contributed by atoms with Crippen LogP contribution in [0.2, 0.25) is 0 Å². The van der Waals surface area contributed by atoms with Crippen molar-refractivity contribution in [3.63, 3.8) is 0 Å². The summed E-state index contributed by atoms with van der Waals surface area (Å²) < 4.78 is 75.4. The van der Waals surface area contributed by atoms with Crippen LogP contribution in [0.3, 0.4) is 0 Å². The Kier molecular flexibility index (Phi) is 8.71. The fourth-order valence-electron chi connectivity index (χ4n) is 3.04. The average molecular weight is 523 g/mol. The maximum absolute atomic E-state index is 13.7. The number of nitriles is 1. The molecule has 0 bridgehead atoms. The fourth-order valence-corrected chi connectivity index (χ4v) is 3.85. The summed E-state index contributed by atoms with van der Waals surface area (Å²) in [6, 6.07) is 13.6. The molecule has 12 heteroatoms. The van der Waals surface area contributed by atoms with Crippen LogP contribution in [0.25, 0.3) is 11.3 Å². The Morgan fingerprint density at radius 3 is 2.31 bits per heavy atom. The second-order valence-corrected chi connectivity index (χ2v) is 8.01. The molecule has 0 aliphatic carbocycles. The normalized spacial score (nSPS) is 11.2. The third-order valence-corrected chi connectivity index (χ3v) is 5.54. The summed E-state index contributed by atoms with van der Waals surface area (Å²) in [5.41, 5.74) is -1.47. The minimum absolute atomic E-state index is 0.153. The highest BCUT2D eigenvalue weighted by Gasteiger charge is 2.36. The van der Waals surface area contributed by atoms with Gasteiger partial charge in [-0.15, -0.1) is 0 Å². The van der Waals surface area contributed by atoms with Crippen LogP contribution in [0.4, 0.5) is 27.6 Å². The molecule has 0 aliphatic rings. The predicted octanol–water partition coefficient (Wildman–Crippen LogP) is 6.37. The van der Waals surface area contributed by atoms with Gasteiger partial charge in [0.25, 0.3) is 0 Å². The number of aromatic nitrogens is 1. The van der Waals surface area contributed by atoms with Crippen LogP contribution in [-0.2, 0) is 11.0 Å². The Hall–Kier alpha value is -3.85. The van der Waals surface area contributed by atoms with Crippen molar-refractivity contribution < 1.29 is 36.2 Å². The van der Waals surface area contributed by atoms with E-state index in [0.717, 1.165) is 12.1 Å². The Morgan fingerprint density at radius 2 is 1.75 bits per heavy atom. The van der Waals surface area contributed by atoms with Crippen molar-refractivity contribution in [2.75, 3.05) is 17.7 Å². The SMILES string of the molecule is CCOc1ccc(NC(=O)CSc2nc(-c3ccc(OC(F)F)cc3)cc(C(F)(F)F)c2C#N)cc1. The minimum atomic E-state index is -4.87. The third-order valence-electron chi connectivity index (χ3n) is 4.57. The number of hydrogen-bond acceptors (Lipinski definition) is 6. The predicted molar refractivity (Wildman–Crippen MR) is 123 cm³/mol. The van der Waals surface area contributed by atoms with Crippen molar-refractivity contribution in [1.82, 2.24) is 4.98 Å². The van der Waals surface area contributed by atoms with E-state index in [0.29, 0.717) is 35.9 Å². The number of benzene rings is 2. The zero-order chi connectivity index (χ0) is 26.3. The van der Waals surface area contributed by atoms with Gasteiger partial charge in [-0.1, -0.05) is 11.8 Å². The Morgan fingerprint density at radius 1 is 1.11 bits per heavy atom. The number of nitrogens with zero attached hydrogens (tertiary/aromatic N) is 2. The first-order valence-corrected chi connectivity index (χ1v) is 11.3. The second kappa shape index (κ2) is 11.7. The second-order valence-electron chi connectivity index (χ2n) is 7.04. The van der Waals surface area contributed by atoms with E-state index < -0.39 is 29.8 Å². The first-order chi connectivity index (χ1) is 17.1. The van der Waals surface area contributed by atoms with Gasteiger partial charge in [0.05, 0.1) is 29.2 Å². The molecule has 2 aromatic carbocycles. The lowest BCUT2D eigenvalue weighted by atomic mass is 10.1. The van der Waals surface area contributed by atoms with Gasteiger partial charge in [0.15, 0.2) is 0 Å². The topological polar surface area (TPSA) is 84.2 Å². The van der Waals surface area contributed by atoms with Crippen LogP contribution in [0, 0.1) is 11.3 Å². The van der Waals surface area contributed by atoms with Gasteiger partial charge in [-0.2, -0.15) is 27.2 Å². The van der Waals surface area contributed by atoms with E-state index in [-0.39, 0.29) is 27.8 Å². The molecule has 188 valence electrons. The molecule has 0 atom stereocenters. The van der Waals surface area contributed by atoms with Gasteiger partial charge in [0, 0.05) is 11.3 Å². The summed E-state index contributed by atoms with van der Waals surface area (Å²) in [6.45, 7) is -0.757.